The van der Waals surface area contributed by atoms with Gasteiger partial charge in [0.2, 0.25) is 5.91 Å². The molecule has 0 radical (unpaired) electrons. The van der Waals surface area contributed by atoms with Crippen molar-refractivity contribution in [2.24, 2.45) is 0 Å². The monoisotopic (exact) mass is 336 g/mol. The van der Waals surface area contributed by atoms with Gasteiger partial charge in [0.1, 0.15) is 5.76 Å². The molecule has 1 aliphatic rings. The van der Waals surface area contributed by atoms with Gasteiger partial charge in [-0.15, -0.1) is 11.3 Å². The summed E-state index contributed by atoms with van der Waals surface area (Å²) in [7, 11) is 0. The number of furan rings is 1. The molecule has 3 heterocycles. The van der Waals surface area contributed by atoms with Gasteiger partial charge in [0.25, 0.3) is 0 Å². The predicted octanol–water partition coefficient (Wildman–Crippen LogP) is 3.35. The zero-order valence-electron chi connectivity index (χ0n) is 12.1. The van der Waals surface area contributed by atoms with Gasteiger partial charge in [-0.3, -0.25) is 9.69 Å². The SMILES string of the molecule is O=C(/C=C/c1ccco1)N1CCN(Cc2ccc(Cl)s2)CC1. The topological polar surface area (TPSA) is 36.7 Å². The number of hydrogen-bond donors (Lipinski definition) is 0. The second-order valence-electron chi connectivity index (χ2n) is 5.16. The van der Waals surface area contributed by atoms with Gasteiger partial charge in [-0.2, -0.15) is 0 Å². The second-order valence-corrected chi connectivity index (χ2v) is 6.96. The van der Waals surface area contributed by atoms with E-state index in [4.69, 9.17) is 16.0 Å². The van der Waals surface area contributed by atoms with Crippen LogP contribution in [0.5, 0.6) is 0 Å². The van der Waals surface area contributed by atoms with Gasteiger partial charge in [-0.05, 0) is 30.3 Å². The normalized spacial score (nSPS) is 16.5. The lowest BCUT2D eigenvalue weighted by molar-refractivity contribution is -0.127. The molecule has 1 aliphatic heterocycles. The largest absolute Gasteiger partial charge is 0.465 e. The summed E-state index contributed by atoms with van der Waals surface area (Å²) in [6, 6.07) is 7.63. The molecule has 4 nitrogen and oxygen atoms in total. The molecular formula is C16H17ClN2O2S. The fourth-order valence-corrected chi connectivity index (χ4v) is 3.56. The Kier molecular flexibility index (Phi) is 4.97. The summed E-state index contributed by atoms with van der Waals surface area (Å²) in [4.78, 5) is 17.6. The first kappa shape index (κ1) is 15.3. The van der Waals surface area contributed by atoms with Crippen molar-refractivity contribution in [2.45, 2.75) is 6.54 Å². The Morgan fingerprint density at radius 2 is 2.09 bits per heavy atom. The number of carbonyl (C=O) groups is 1. The van der Waals surface area contributed by atoms with Crippen molar-refractivity contribution in [1.82, 2.24) is 9.80 Å². The highest BCUT2D eigenvalue weighted by atomic mass is 35.5. The lowest BCUT2D eigenvalue weighted by atomic mass is 10.3. The molecule has 6 heteroatoms. The molecule has 0 atom stereocenters. The fourth-order valence-electron chi connectivity index (χ4n) is 2.43. The number of amides is 1. The molecule has 0 saturated carbocycles. The summed E-state index contributed by atoms with van der Waals surface area (Å²) in [6.07, 6.45) is 4.88. The van der Waals surface area contributed by atoms with Crippen molar-refractivity contribution in [3.8, 4) is 0 Å². The van der Waals surface area contributed by atoms with Crippen molar-refractivity contribution >= 4 is 34.9 Å². The summed E-state index contributed by atoms with van der Waals surface area (Å²) < 4.78 is 6.01. The van der Waals surface area contributed by atoms with Crippen LogP contribution in [-0.2, 0) is 11.3 Å². The van der Waals surface area contributed by atoms with Gasteiger partial charge in [0.05, 0.1) is 10.6 Å². The van der Waals surface area contributed by atoms with Crippen LogP contribution in [0.25, 0.3) is 6.08 Å². The van der Waals surface area contributed by atoms with E-state index in [1.807, 2.05) is 17.0 Å². The minimum absolute atomic E-state index is 0.0372. The van der Waals surface area contributed by atoms with Gasteiger partial charge in [0.15, 0.2) is 0 Å². The molecule has 1 fully saturated rings. The van der Waals surface area contributed by atoms with Crippen molar-refractivity contribution in [2.75, 3.05) is 26.2 Å². The Labute approximate surface area is 138 Å². The van der Waals surface area contributed by atoms with Crippen LogP contribution in [0.4, 0.5) is 0 Å². The van der Waals surface area contributed by atoms with Crippen LogP contribution in [0, 0.1) is 0 Å². The highest BCUT2D eigenvalue weighted by Gasteiger charge is 2.20. The summed E-state index contributed by atoms with van der Waals surface area (Å²) >= 11 is 7.57. The second kappa shape index (κ2) is 7.13. The van der Waals surface area contributed by atoms with E-state index < -0.39 is 0 Å². The molecule has 1 saturated heterocycles. The Morgan fingerprint density at radius 3 is 2.73 bits per heavy atom. The number of carbonyl (C=O) groups excluding carboxylic acids is 1. The lowest BCUT2D eigenvalue weighted by Crippen LogP contribution is -2.47. The number of nitrogens with zero attached hydrogens (tertiary/aromatic N) is 2. The molecule has 0 spiro atoms. The molecule has 2 aromatic rings. The average molecular weight is 337 g/mol. The Balaban J connectivity index is 1.47. The smallest absolute Gasteiger partial charge is 0.246 e. The minimum Gasteiger partial charge on any atom is -0.465 e. The molecule has 0 aliphatic carbocycles. The average Bonchev–Trinajstić information content (AvgIpc) is 3.17. The van der Waals surface area contributed by atoms with E-state index in [1.54, 1.807) is 35.8 Å². The Bertz CT molecular complexity index is 643. The molecule has 3 rings (SSSR count). The third-order valence-corrected chi connectivity index (χ3v) is 4.84. The van der Waals surface area contributed by atoms with Crippen LogP contribution in [-0.4, -0.2) is 41.9 Å². The maximum atomic E-state index is 12.1. The molecule has 0 unspecified atom stereocenters. The number of thiophene rings is 1. The number of halogens is 1. The summed E-state index contributed by atoms with van der Waals surface area (Å²) in [5, 5.41) is 0. The first-order valence-electron chi connectivity index (χ1n) is 7.18. The molecule has 0 aromatic carbocycles. The van der Waals surface area contributed by atoms with Gasteiger partial charge in [-0.1, -0.05) is 11.6 Å². The maximum Gasteiger partial charge on any atom is 0.246 e. The van der Waals surface area contributed by atoms with E-state index in [9.17, 15) is 4.79 Å². The van der Waals surface area contributed by atoms with Crippen LogP contribution in [0.15, 0.2) is 41.0 Å². The predicted molar refractivity (Wildman–Crippen MR) is 88.9 cm³/mol. The van der Waals surface area contributed by atoms with Crippen LogP contribution < -0.4 is 0 Å². The third kappa shape index (κ3) is 4.00. The van der Waals surface area contributed by atoms with Crippen LogP contribution in [0.2, 0.25) is 4.34 Å². The first-order chi connectivity index (χ1) is 10.7. The highest BCUT2D eigenvalue weighted by Crippen LogP contribution is 2.23. The fraction of sp³-hybridized carbons (Fsp3) is 0.312. The van der Waals surface area contributed by atoms with E-state index in [2.05, 4.69) is 11.0 Å². The Morgan fingerprint density at radius 1 is 1.27 bits per heavy atom. The third-order valence-electron chi connectivity index (χ3n) is 3.63. The van der Waals surface area contributed by atoms with Gasteiger partial charge in [-0.25, -0.2) is 0 Å². The number of rotatable bonds is 4. The van der Waals surface area contributed by atoms with E-state index in [0.29, 0.717) is 5.76 Å². The van der Waals surface area contributed by atoms with Gasteiger partial charge < -0.3 is 9.32 Å². The van der Waals surface area contributed by atoms with Crippen molar-refractivity contribution < 1.29 is 9.21 Å². The summed E-state index contributed by atoms with van der Waals surface area (Å²) in [5.74, 6) is 0.733. The molecule has 22 heavy (non-hydrogen) atoms. The van der Waals surface area contributed by atoms with Crippen LogP contribution >= 0.6 is 22.9 Å². The molecule has 116 valence electrons. The number of hydrogen-bond acceptors (Lipinski definition) is 4. The van der Waals surface area contributed by atoms with Crippen molar-refractivity contribution in [1.29, 1.82) is 0 Å². The van der Waals surface area contributed by atoms with E-state index >= 15 is 0 Å². The Hall–Kier alpha value is -1.56. The van der Waals surface area contributed by atoms with E-state index in [1.165, 1.54) is 4.88 Å². The number of piperazine rings is 1. The maximum absolute atomic E-state index is 12.1. The lowest BCUT2D eigenvalue weighted by Gasteiger charge is -2.33. The van der Waals surface area contributed by atoms with Gasteiger partial charge in [0, 0.05) is 43.7 Å². The molecule has 1 amide bonds. The quantitative estimate of drug-likeness (QED) is 0.803. The van der Waals surface area contributed by atoms with Crippen LogP contribution in [0.3, 0.4) is 0 Å². The molecule has 0 bridgehead atoms. The minimum atomic E-state index is 0.0372. The zero-order valence-corrected chi connectivity index (χ0v) is 13.6. The molecular weight excluding hydrogens is 320 g/mol. The van der Waals surface area contributed by atoms with E-state index in [-0.39, 0.29) is 5.91 Å². The summed E-state index contributed by atoms with van der Waals surface area (Å²) in [6.45, 7) is 4.17. The van der Waals surface area contributed by atoms with Gasteiger partial charge >= 0.3 is 0 Å². The molecule has 2 aromatic heterocycles. The van der Waals surface area contributed by atoms with Crippen molar-refractivity contribution in [3.63, 3.8) is 0 Å². The van der Waals surface area contributed by atoms with Crippen molar-refractivity contribution in [3.05, 3.63) is 51.6 Å². The van der Waals surface area contributed by atoms with E-state index in [0.717, 1.165) is 37.1 Å². The standard InChI is InChI=1S/C16H17ClN2O2S/c17-15-5-4-14(22-15)12-18-7-9-19(10-8-18)16(20)6-3-13-2-1-11-21-13/h1-6,11H,7-10,12H2/b6-3+. The zero-order chi connectivity index (χ0) is 15.4. The summed E-state index contributed by atoms with van der Waals surface area (Å²) in [5.41, 5.74) is 0. The molecule has 0 N–H and O–H groups in total. The first-order valence-corrected chi connectivity index (χ1v) is 8.37. The van der Waals surface area contributed by atoms with Crippen LogP contribution in [0.1, 0.15) is 10.6 Å². The highest BCUT2D eigenvalue weighted by molar-refractivity contribution is 7.16.